The van der Waals surface area contributed by atoms with Crippen LogP contribution >= 0.6 is 0 Å². The highest BCUT2D eigenvalue weighted by Gasteiger charge is 2.11. The fourth-order valence-corrected chi connectivity index (χ4v) is 1.96. The number of methoxy groups -OCH3 is 2. The Hall–Kier alpha value is -2.63. The zero-order chi connectivity index (χ0) is 16.1. The summed E-state index contributed by atoms with van der Waals surface area (Å²) < 4.78 is 36.5. The van der Waals surface area contributed by atoms with Crippen LogP contribution in [0.4, 0.5) is 8.78 Å². The summed E-state index contributed by atoms with van der Waals surface area (Å²) in [6, 6.07) is 7.82. The van der Waals surface area contributed by atoms with Crippen LogP contribution in [-0.4, -0.2) is 20.1 Å². The fourth-order valence-electron chi connectivity index (χ4n) is 1.96. The number of benzene rings is 2. The zero-order valence-corrected chi connectivity index (χ0v) is 12.2. The number of amides is 1. The van der Waals surface area contributed by atoms with Crippen molar-refractivity contribution >= 4 is 5.91 Å². The Morgan fingerprint density at radius 1 is 1.05 bits per heavy atom. The number of hydrogen-bond acceptors (Lipinski definition) is 3. The largest absolute Gasteiger partial charge is 0.497 e. The van der Waals surface area contributed by atoms with Gasteiger partial charge in [0.15, 0.2) is 0 Å². The normalized spacial score (nSPS) is 10.2. The first kappa shape index (κ1) is 15.8. The highest BCUT2D eigenvalue weighted by atomic mass is 19.1. The predicted molar refractivity (Wildman–Crippen MR) is 77.1 cm³/mol. The summed E-state index contributed by atoms with van der Waals surface area (Å²) >= 11 is 0. The highest BCUT2D eigenvalue weighted by molar-refractivity contribution is 5.94. The summed E-state index contributed by atoms with van der Waals surface area (Å²) in [6.45, 7) is 0.157. The molecule has 4 nitrogen and oxygen atoms in total. The first-order chi connectivity index (χ1) is 10.5. The molecule has 0 aliphatic rings. The van der Waals surface area contributed by atoms with Gasteiger partial charge >= 0.3 is 0 Å². The molecule has 1 amide bonds. The zero-order valence-electron chi connectivity index (χ0n) is 12.2. The Morgan fingerprint density at radius 2 is 1.73 bits per heavy atom. The van der Waals surface area contributed by atoms with E-state index < -0.39 is 17.5 Å². The summed E-state index contributed by atoms with van der Waals surface area (Å²) in [7, 11) is 3.04. The van der Waals surface area contributed by atoms with Gasteiger partial charge in [0, 0.05) is 29.8 Å². The number of hydrogen-bond donors (Lipinski definition) is 1. The molecule has 6 heteroatoms. The second kappa shape index (κ2) is 6.89. The van der Waals surface area contributed by atoms with Gasteiger partial charge in [-0.25, -0.2) is 8.78 Å². The second-order valence-corrected chi connectivity index (χ2v) is 4.52. The van der Waals surface area contributed by atoms with Crippen molar-refractivity contribution in [2.24, 2.45) is 0 Å². The van der Waals surface area contributed by atoms with E-state index >= 15 is 0 Å². The van der Waals surface area contributed by atoms with E-state index in [0.29, 0.717) is 23.1 Å². The van der Waals surface area contributed by atoms with E-state index in [9.17, 15) is 13.6 Å². The van der Waals surface area contributed by atoms with Crippen LogP contribution in [0.2, 0.25) is 0 Å². The number of rotatable bonds is 5. The summed E-state index contributed by atoms with van der Waals surface area (Å²) in [5.74, 6) is -1.00. The molecular weight excluding hydrogens is 292 g/mol. The number of carbonyl (C=O) groups excluding carboxylic acids is 1. The molecular formula is C16H15F2NO3. The Bertz CT molecular complexity index is 669. The van der Waals surface area contributed by atoms with E-state index in [1.807, 2.05) is 0 Å². The minimum Gasteiger partial charge on any atom is -0.497 e. The molecule has 2 rings (SSSR count). The van der Waals surface area contributed by atoms with Crippen molar-refractivity contribution in [2.45, 2.75) is 6.54 Å². The third-order valence-corrected chi connectivity index (χ3v) is 3.06. The van der Waals surface area contributed by atoms with Crippen molar-refractivity contribution in [1.82, 2.24) is 5.32 Å². The maximum atomic E-state index is 13.1. The lowest BCUT2D eigenvalue weighted by Gasteiger charge is -2.11. The summed E-state index contributed by atoms with van der Waals surface area (Å²) in [5.41, 5.74) is 0.638. The Morgan fingerprint density at radius 3 is 2.32 bits per heavy atom. The standard InChI is InChI=1S/C16H15F2NO3/c1-21-14-4-3-10(15(8-14)22-2)9-19-16(20)11-5-12(17)7-13(18)6-11/h3-8H,9H2,1-2H3,(H,19,20). The maximum Gasteiger partial charge on any atom is 0.251 e. The average molecular weight is 307 g/mol. The summed E-state index contributed by atoms with van der Waals surface area (Å²) in [4.78, 5) is 11.9. The summed E-state index contributed by atoms with van der Waals surface area (Å²) in [5, 5.41) is 2.59. The lowest BCUT2D eigenvalue weighted by molar-refractivity contribution is 0.0949. The third-order valence-electron chi connectivity index (χ3n) is 3.06. The van der Waals surface area contributed by atoms with Crippen LogP contribution in [0.15, 0.2) is 36.4 Å². The van der Waals surface area contributed by atoms with E-state index in [0.717, 1.165) is 12.1 Å². The first-order valence-corrected chi connectivity index (χ1v) is 6.48. The van der Waals surface area contributed by atoms with E-state index in [1.54, 1.807) is 18.2 Å². The van der Waals surface area contributed by atoms with E-state index in [4.69, 9.17) is 9.47 Å². The molecule has 2 aromatic rings. The SMILES string of the molecule is COc1ccc(CNC(=O)c2cc(F)cc(F)c2)c(OC)c1. The highest BCUT2D eigenvalue weighted by Crippen LogP contribution is 2.24. The van der Waals surface area contributed by atoms with Crippen molar-refractivity contribution < 1.29 is 23.0 Å². The number of nitrogens with one attached hydrogen (secondary N) is 1. The van der Waals surface area contributed by atoms with Crippen LogP contribution in [0.5, 0.6) is 11.5 Å². The van der Waals surface area contributed by atoms with Crippen molar-refractivity contribution in [3.8, 4) is 11.5 Å². The van der Waals surface area contributed by atoms with Crippen molar-refractivity contribution in [1.29, 1.82) is 0 Å². The van der Waals surface area contributed by atoms with E-state index in [2.05, 4.69) is 5.32 Å². The second-order valence-electron chi connectivity index (χ2n) is 4.52. The number of halogens is 2. The van der Waals surface area contributed by atoms with Gasteiger partial charge in [-0.2, -0.15) is 0 Å². The smallest absolute Gasteiger partial charge is 0.251 e. The number of carbonyl (C=O) groups is 1. The molecule has 22 heavy (non-hydrogen) atoms. The Labute approximate surface area is 126 Å². The molecule has 0 atom stereocenters. The van der Waals surface area contributed by atoms with Gasteiger partial charge in [0.05, 0.1) is 14.2 Å². The molecule has 0 aromatic heterocycles. The van der Waals surface area contributed by atoms with Gasteiger partial charge in [-0.05, 0) is 24.3 Å². The fraction of sp³-hybridized carbons (Fsp3) is 0.188. The van der Waals surface area contributed by atoms with Gasteiger partial charge in [-0.1, -0.05) is 0 Å². The third kappa shape index (κ3) is 3.72. The monoisotopic (exact) mass is 307 g/mol. The Balaban J connectivity index is 2.10. The van der Waals surface area contributed by atoms with Gasteiger partial charge in [-0.15, -0.1) is 0 Å². The first-order valence-electron chi connectivity index (χ1n) is 6.48. The van der Waals surface area contributed by atoms with Crippen molar-refractivity contribution in [3.05, 3.63) is 59.2 Å². The quantitative estimate of drug-likeness (QED) is 0.924. The minimum atomic E-state index is -0.799. The maximum absolute atomic E-state index is 13.1. The average Bonchev–Trinajstić information content (AvgIpc) is 2.51. The molecule has 0 aliphatic carbocycles. The molecule has 0 fully saturated rings. The molecule has 0 heterocycles. The molecule has 0 unspecified atom stereocenters. The molecule has 1 N–H and O–H groups in total. The topological polar surface area (TPSA) is 47.6 Å². The van der Waals surface area contributed by atoms with Gasteiger partial charge < -0.3 is 14.8 Å². The van der Waals surface area contributed by atoms with Crippen LogP contribution in [0.3, 0.4) is 0 Å². The van der Waals surface area contributed by atoms with Gasteiger partial charge in [-0.3, -0.25) is 4.79 Å². The molecule has 0 bridgehead atoms. The molecule has 0 saturated heterocycles. The van der Waals surface area contributed by atoms with E-state index in [1.165, 1.54) is 14.2 Å². The molecule has 0 radical (unpaired) electrons. The van der Waals surface area contributed by atoms with Gasteiger partial charge in [0.1, 0.15) is 23.1 Å². The Kier molecular flexibility index (Phi) is 4.93. The number of ether oxygens (including phenoxy) is 2. The molecule has 0 saturated carbocycles. The van der Waals surface area contributed by atoms with Crippen LogP contribution in [-0.2, 0) is 6.54 Å². The predicted octanol–water partition coefficient (Wildman–Crippen LogP) is 2.91. The van der Waals surface area contributed by atoms with E-state index in [-0.39, 0.29) is 12.1 Å². The van der Waals surface area contributed by atoms with Crippen LogP contribution in [0.1, 0.15) is 15.9 Å². The van der Waals surface area contributed by atoms with Crippen LogP contribution < -0.4 is 14.8 Å². The minimum absolute atomic E-state index is 0.0787. The lowest BCUT2D eigenvalue weighted by Crippen LogP contribution is -2.23. The molecule has 116 valence electrons. The lowest BCUT2D eigenvalue weighted by atomic mass is 10.1. The van der Waals surface area contributed by atoms with Gasteiger partial charge in [0.2, 0.25) is 0 Å². The van der Waals surface area contributed by atoms with Crippen LogP contribution in [0, 0.1) is 11.6 Å². The molecule has 2 aromatic carbocycles. The van der Waals surface area contributed by atoms with Crippen molar-refractivity contribution in [3.63, 3.8) is 0 Å². The molecule has 0 aliphatic heterocycles. The summed E-state index contributed by atoms with van der Waals surface area (Å²) in [6.07, 6.45) is 0. The molecule has 0 spiro atoms. The van der Waals surface area contributed by atoms with Crippen molar-refractivity contribution in [2.75, 3.05) is 14.2 Å². The van der Waals surface area contributed by atoms with Crippen LogP contribution in [0.25, 0.3) is 0 Å². The van der Waals surface area contributed by atoms with Gasteiger partial charge in [0.25, 0.3) is 5.91 Å².